The summed E-state index contributed by atoms with van der Waals surface area (Å²) in [5.41, 5.74) is 3.95. The molecule has 2 aromatic carbocycles. The molecule has 2 aromatic rings. The van der Waals surface area contributed by atoms with Gasteiger partial charge in [-0.1, -0.05) is 36.4 Å². The molecule has 0 saturated heterocycles. The van der Waals surface area contributed by atoms with Gasteiger partial charge in [0.1, 0.15) is 0 Å². The maximum Gasteiger partial charge on any atom is 0.269 e. The summed E-state index contributed by atoms with van der Waals surface area (Å²) in [5, 5.41) is 17.9. The van der Waals surface area contributed by atoms with Gasteiger partial charge in [-0.25, -0.2) is 4.99 Å². The van der Waals surface area contributed by atoms with Crippen LogP contribution in [0.4, 0.5) is 5.69 Å². The average Bonchev–Trinajstić information content (AvgIpc) is 3.50. The van der Waals surface area contributed by atoms with E-state index in [9.17, 15) is 10.1 Å². The van der Waals surface area contributed by atoms with E-state index in [0.717, 1.165) is 30.8 Å². The van der Waals surface area contributed by atoms with Gasteiger partial charge in [-0.2, -0.15) is 0 Å². The number of nitrogens with zero attached hydrogens (tertiary/aromatic N) is 2. The van der Waals surface area contributed by atoms with Crippen molar-refractivity contribution in [2.75, 3.05) is 0 Å². The number of nitro benzene ring substituents is 1. The number of aliphatic imine (C=N–C) groups is 1. The number of nitro groups is 1. The lowest BCUT2D eigenvalue weighted by Gasteiger charge is -2.27. The molecule has 0 spiro atoms. The number of non-ortho nitro benzene ring substituents is 1. The summed E-state index contributed by atoms with van der Waals surface area (Å²) in [6.45, 7) is 0.503. The van der Waals surface area contributed by atoms with E-state index in [0.29, 0.717) is 18.6 Å². The van der Waals surface area contributed by atoms with Gasteiger partial charge in [-0.05, 0) is 48.8 Å². The molecule has 1 atom stereocenters. The van der Waals surface area contributed by atoms with Crippen molar-refractivity contribution in [2.24, 2.45) is 4.99 Å². The summed E-state index contributed by atoms with van der Waals surface area (Å²) in [4.78, 5) is 15.1. The highest BCUT2D eigenvalue weighted by molar-refractivity contribution is 14.0. The van der Waals surface area contributed by atoms with Crippen LogP contribution in [0.1, 0.15) is 36.0 Å². The number of guanidine groups is 1. The molecule has 2 aliphatic carbocycles. The lowest BCUT2D eigenvalue weighted by molar-refractivity contribution is -0.384. The third-order valence-corrected chi connectivity index (χ3v) is 5.17. The number of hydrogen-bond acceptors (Lipinski definition) is 3. The number of aryl methyl sites for hydroxylation is 1. The molecule has 1 fully saturated rings. The van der Waals surface area contributed by atoms with Crippen molar-refractivity contribution in [3.05, 3.63) is 75.3 Å². The third-order valence-electron chi connectivity index (χ3n) is 5.17. The predicted octanol–water partition coefficient (Wildman–Crippen LogP) is 3.97. The van der Waals surface area contributed by atoms with E-state index in [4.69, 9.17) is 4.99 Å². The third kappa shape index (κ3) is 5.43. The van der Waals surface area contributed by atoms with Gasteiger partial charge in [-0.3, -0.25) is 10.1 Å². The average molecular weight is 492 g/mol. The van der Waals surface area contributed by atoms with Crippen molar-refractivity contribution in [3.8, 4) is 0 Å². The van der Waals surface area contributed by atoms with Crippen molar-refractivity contribution >= 4 is 35.6 Å². The Bertz CT molecular complexity index is 850. The molecule has 2 N–H and O–H groups in total. The molecule has 0 radical (unpaired) electrons. The van der Waals surface area contributed by atoms with Gasteiger partial charge in [0, 0.05) is 24.2 Å². The van der Waals surface area contributed by atoms with Crippen LogP contribution < -0.4 is 10.6 Å². The fourth-order valence-corrected chi connectivity index (χ4v) is 3.46. The van der Waals surface area contributed by atoms with Crippen molar-refractivity contribution in [3.63, 3.8) is 0 Å². The van der Waals surface area contributed by atoms with Crippen LogP contribution in [0.3, 0.4) is 0 Å². The number of nitrogens with one attached hydrogen (secondary N) is 2. The Balaban J connectivity index is 0.00000225. The summed E-state index contributed by atoms with van der Waals surface area (Å²) in [6, 6.07) is 16.1. The Labute approximate surface area is 182 Å². The van der Waals surface area contributed by atoms with E-state index in [1.165, 1.54) is 36.1 Å². The first-order valence-electron chi connectivity index (χ1n) is 9.55. The summed E-state index contributed by atoms with van der Waals surface area (Å²) in [7, 11) is 0. The minimum absolute atomic E-state index is 0. The molecule has 6 nitrogen and oxygen atoms in total. The van der Waals surface area contributed by atoms with Gasteiger partial charge < -0.3 is 10.6 Å². The second kappa shape index (κ2) is 9.36. The Hall–Kier alpha value is -2.16. The van der Waals surface area contributed by atoms with E-state index in [1.54, 1.807) is 12.1 Å². The minimum atomic E-state index is -0.379. The van der Waals surface area contributed by atoms with Crippen molar-refractivity contribution in [1.29, 1.82) is 0 Å². The number of benzene rings is 2. The van der Waals surface area contributed by atoms with Gasteiger partial charge >= 0.3 is 0 Å². The summed E-state index contributed by atoms with van der Waals surface area (Å²) < 4.78 is 0. The van der Waals surface area contributed by atoms with Crippen LogP contribution >= 0.6 is 24.0 Å². The van der Waals surface area contributed by atoms with Crippen LogP contribution in [0, 0.1) is 10.1 Å². The first-order valence-corrected chi connectivity index (χ1v) is 9.55. The maximum atomic E-state index is 10.8. The Morgan fingerprint density at radius 3 is 2.36 bits per heavy atom. The molecule has 7 heteroatoms. The zero-order valence-electron chi connectivity index (χ0n) is 15.6. The highest BCUT2D eigenvalue weighted by Gasteiger charge is 2.24. The lowest BCUT2D eigenvalue weighted by Crippen LogP contribution is -2.46. The van der Waals surface area contributed by atoms with E-state index < -0.39 is 0 Å². The largest absolute Gasteiger partial charge is 0.354 e. The standard InChI is InChI=1S/C21H24N4O2.HI/c26-25(27)20-11-5-15(6-12-20)14-22-21(23-18-9-10-18)24-19-8-7-16-3-1-2-4-17(16)13-19;/h1-6,11-12,18-19H,7-10,13-14H2,(H2,22,23,24);1H. The summed E-state index contributed by atoms with van der Waals surface area (Å²) >= 11 is 0. The van der Waals surface area contributed by atoms with Gasteiger partial charge in [0.15, 0.2) is 5.96 Å². The fourth-order valence-electron chi connectivity index (χ4n) is 3.46. The zero-order chi connectivity index (χ0) is 18.6. The quantitative estimate of drug-likeness (QED) is 0.218. The molecule has 28 heavy (non-hydrogen) atoms. The summed E-state index contributed by atoms with van der Waals surface area (Å²) in [5.74, 6) is 0.847. The van der Waals surface area contributed by atoms with Crippen LogP contribution in [-0.4, -0.2) is 23.0 Å². The molecule has 4 rings (SSSR count). The SMILES string of the molecule is I.O=[N+]([O-])c1ccc(CN=C(NC2CC2)NC2CCc3ccccc3C2)cc1. The monoisotopic (exact) mass is 492 g/mol. The first-order chi connectivity index (χ1) is 13.2. The van der Waals surface area contributed by atoms with Crippen LogP contribution in [0.25, 0.3) is 0 Å². The molecule has 2 aliphatic rings. The molecule has 148 valence electrons. The minimum Gasteiger partial charge on any atom is -0.354 e. The molecule has 0 amide bonds. The zero-order valence-corrected chi connectivity index (χ0v) is 18.0. The molecule has 0 aliphatic heterocycles. The van der Waals surface area contributed by atoms with Gasteiger partial charge in [0.2, 0.25) is 0 Å². The van der Waals surface area contributed by atoms with E-state index in [-0.39, 0.29) is 34.6 Å². The smallest absolute Gasteiger partial charge is 0.269 e. The van der Waals surface area contributed by atoms with Crippen LogP contribution in [-0.2, 0) is 19.4 Å². The number of fused-ring (bicyclic) bond motifs is 1. The highest BCUT2D eigenvalue weighted by Crippen LogP contribution is 2.22. The predicted molar refractivity (Wildman–Crippen MR) is 121 cm³/mol. The second-order valence-electron chi connectivity index (χ2n) is 7.36. The van der Waals surface area contributed by atoms with Gasteiger partial charge in [0.25, 0.3) is 5.69 Å². The van der Waals surface area contributed by atoms with Gasteiger partial charge in [-0.15, -0.1) is 24.0 Å². The fraction of sp³-hybridized carbons (Fsp3) is 0.381. The van der Waals surface area contributed by atoms with E-state index >= 15 is 0 Å². The molecule has 0 aromatic heterocycles. The topological polar surface area (TPSA) is 79.6 Å². The molecule has 0 bridgehead atoms. The van der Waals surface area contributed by atoms with Crippen molar-refractivity contribution < 1.29 is 4.92 Å². The Morgan fingerprint density at radius 2 is 1.68 bits per heavy atom. The molecule has 1 unspecified atom stereocenters. The highest BCUT2D eigenvalue weighted by atomic mass is 127. The van der Waals surface area contributed by atoms with Crippen molar-refractivity contribution in [1.82, 2.24) is 10.6 Å². The van der Waals surface area contributed by atoms with Gasteiger partial charge in [0.05, 0.1) is 11.5 Å². The maximum absolute atomic E-state index is 10.8. The van der Waals surface area contributed by atoms with Crippen molar-refractivity contribution in [2.45, 2.75) is 50.7 Å². The van der Waals surface area contributed by atoms with E-state index in [2.05, 4.69) is 34.9 Å². The molecule has 1 saturated carbocycles. The Morgan fingerprint density at radius 1 is 1.00 bits per heavy atom. The first kappa shape index (κ1) is 20.6. The number of halogens is 1. The Kier molecular flexibility index (Phi) is 6.88. The molecule has 0 heterocycles. The normalized spacial score (nSPS) is 18.6. The number of hydrogen-bond donors (Lipinski definition) is 2. The summed E-state index contributed by atoms with van der Waals surface area (Å²) in [6.07, 6.45) is 5.57. The molecular formula is C21H25IN4O2. The molecular weight excluding hydrogens is 467 g/mol. The van der Waals surface area contributed by atoms with Crippen LogP contribution in [0.5, 0.6) is 0 Å². The van der Waals surface area contributed by atoms with Crippen LogP contribution in [0.2, 0.25) is 0 Å². The number of rotatable bonds is 5. The van der Waals surface area contributed by atoms with Crippen LogP contribution in [0.15, 0.2) is 53.5 Å². The lowest BCUT2D eigenvalue weighted by atomic mass is 9.88. The second-order valence-corrected chi connectivity index (χ2v) is 7.36. The van der Waals surface area contributed by atoms with E-state index in [1.807, 2.05) is 0 Å².